The highest BCUT2D eigenvalue weighted by molar-refractivity contribution is 7.89. The molecule has 6 heteroatoms. The molecule has 19 heavy (non-hydrogen) atoms. The molecule has 0 saturated carbocycles. The Morgan fingerprint density at radius 1 is 1.47 bits per heavy atom. The monoisotopic (exact) mass is 283 g/mol. The van der Waals surface area contributed by atoms with E-state index < -0.39 is 16.1 Å². The van der Waals surface area contributed by atoms with Crippen molar-refractivity contribution in [2.75, 3.05) is 13.1 Å². The zero-order valence-corrected chi connectivity index (χ0v) is 11.6. The van der Waals surface area contributed by atoms with Gasteiger partial charge in [0.25, 0.3) is 0 Å². The van der Waals surface area contributed by atoms with Crippen LogP contribution in [0.5, 0.6) is 0 Å². The molecule has 0 radical (unpaired) electrons. The molecule has 0 aromatic heterocycles. The van der Waals surface area contributed by atoms with Crippen molar-refractivity contribution in [1.82, 2.24) is 4.31 Å². The minimum atomic E-state index is -3.61. The maximum atomic E-state index is 12.3. The lowest BCUT2D eigenvalue weighted by molar-refractivity contribution is 0.0988. The minimum Gasteiger partial charge on any atom is -0.392 e. The summed E-state index contributed by atoms with van der Waals surface area (Å²) in [4.78, 5) is 11.7. The predicted molar refractivity (Wildman–Crippen MR) is 70.4 cm³/mol. The topological polar surface area (TPSA) is 74.7 Å². The van der Waals surface area contributed by atoms with Crippen molar-refractivity contribution in [2.45, 2.75) is 30.8 Å². The van der Waals surface area contributed by atoms with Crippen molar-refractivity contribution >= 4 is 15.8 Å². The summed E-state index contributed by atoms with van der Waals surface area (Å²) in [5, 5.41) is 9.43. The molecule has 5 nitrogen and oxygen atoms in total. The Morgan fingerprint density at radius 3 is 2.79 bits per heavy atom. The molecule has 1 atom stereocenters. The first-order valence-electron chi connectivity index (χ1n) is 6.26. The molecule has 1 aliphatic rings. The van der Waals surface area contributed by atoms with Gasteiger partial charge in [-0.05, 0) is 18.6 Å². The fourth-order valence-electron chi connectivity index (χ4n) is 2.11. The van der Waals surface area contributed by atoms with Gasteiger partial charge in [-0.15, -0.1) is 0 Å². The molecular formula is C13H17NO4S. The van der Waals surface area contributed by atoms with Gasteiger partial charge in [0.1, 0.15) is 0 Å². The van der Waals surface area contributed by atoms with Gasteiger partial charge in [0.05, 0.1) is 11.0 Å². The number of nitrogens with zero attached hydrogens (tertiary/aromatic N) is 1. The van der Waals surface area contributed by atoms with Gasteiger partial charge in [0.15, 0.2) is 5.78 Å². The molecule has 0 bridgehead atoms. The maximum absolute atomic E-state index is 12.3. The Bertz CT molecular complexity index is 582. The Labute approximate surface area is 112 Å². The second-order valence-corrected chi connectivity index (χ2v) is 6.55. The van der Waals surface area contributed by atoms with Crippen molar-refractivity contribution in [3.63, 3.8) is 0 Å². The SMILES string of the molecule is CCC(=O)c1cccc(S(=O)(=O)N2CC[C@H](O)C2)c1. The number of carbonyl (C=O) groups excluding carboxylic acids is 1. The van der Waals surface area contributed by atoms with Gasteiger partial charge in [0.2, 0.25) is 10.0 Å². The normalized spacial score (nSPS) is 20.6. The molecule has 1 fully saturated rings. The molecule has 1 saturated heterocycles. The lowest BCUT2D eigenvalue weighted by Gasteiger charge is -2.16. The number of ketones is 1. The number of benzene rings is 1. The first-order valence-corrected chi connectivity index (χ1v) is 7.70. The second-order valence-electron chi connectivity index (χ2n) is 4.61. The molecular weight excluding hydrogens is 266 g/mol. The quantitative estimate of drug-likeness (QED) is 0.838. The third kappa shape index (κ3) is 2.86. The fraction of sp³-hybridized carbons (Fsp3) is 0.462. The number of carbonyl (C=O) groups is 1. The zero-order chi connectivity index (χ0) is 14.0. The van der Waals surface area contributed by atoms with Crippen molar-refractivity contribution in [3.05, 3.63) is 29.8 Å². The largest absolute Gasteiger partial charge is 0.392 e. The highest BCUT2D eigenvalue weighted by atomic mass is 32.2. The molecule has 0 amide bonds. The van der Waals surface area contributed by atoms with Crippen molar-refractivity contribution in [2.24, 2.45) is 0 Å². The van der Waals surface area contributed by atoms with E-state index in [1.165, 1.54) is 16.4 Å². The van der Waals surface area contributed by atoms with E-state index in [-0.39, 0.29) is 17.2 Å². The lowest BCUT2D eigenvalue weighted by Crippen LogP contribution is -2.29. The molecule has 0 unspecified atom stereocenters. The summed E-state index contributed by atoms with van der Waals surface area (Å²) in [6.07, 6.45) is 0.189. The molecule has 1 aliphatic heterocycles. The van der Waals surface area contributed by atoms with E-state index in [0.717, 1.165) is 0 Å². The van der Waals surface area contributed by atoms with Crippen LogP contribution in [0.15, 0.2) is 29.2 Å². The van der Waals surface area contributed by atoms with Crippen LogP contribution >= 0.6 is 0 Å². The van der Waals surface area contributed by atoms with Crippen LogP contribution in [-0.2, 0) is 10.0 Å². The van der Waals surface area contributed by atoms with Crippen LogP contribution in [0.2, 0.25) is 0 Å². The number of aliphatic hydroxyl groups excluding tert-OH is 1. The number of hydrogen-bond donors (Lipinski definition) is 1. The van der Waals surface area contributed by atoms with Crippen molar-refractivity contribution in [1.29, 1.82) is 0 Å². The number of rotatable bonds is 4. The highest BCUT2D eigenvalue weighted by Crippen LogP contribution is 2.22. The van der Waals surface area contributed by atoms with Crippen LogP contribution in [0.3, 0.4) is 0 Å². The zero-order valence-electron chi connectivity index (χ0n) is 10.7. The average Bonchev–Trinajstić information content (AvgIpc) is 2.85. The van der Waals surface area contributed by atoms with Crippen molar-refractivity contribution < 1.29 is 18.3 Å². The Kier molecular flexibility index (Phi) is 4.03. The van der Waals surface area contributed by atoms with Gasteiger partial charge in [0, 0.05) is 25.1 Å². The van der Waals surface area contributed by atoms with E-state index in [4.69, 9.17) is 0 Å². The van der Waals surface area contributed by atoms with Crippen LogP contribution in [0.4, 0.5) is 0 Å². The molecule has 1 aromatic carbocycles. The molecule has 104 valence electrons. The van der Waals surface area contributed by atoms with E-state index in [0.29, 0.717) is 24.9 Å². The maximum Gasteiger partial charge on any atom is 0.243 e. The van der Waals surface area contributed by atoms with Crippen LogP contribution in [-0.4, -0.2) is 42.8 Å². The summed E-state index contributed by atoms with van der Waals surface area (Å²) in [6.45, 7) is 2.17. The second kappa shape index (κ2) is 5.40. The first-order chi connectivity index (χ1) is 8.95. The molecule has 2 rings (SSSR count). The number of sulfonamides is 1. The summed E-state index contributed by atoms with van der Waals surface area (Å²) in [5.41, 5.74) is 0.406. The summed E-state index contributed by atoms with van der Waals surface area (Å²) in [6, 6.07) is 6.07. The van der Waals surface area contributed by atoms with E-state index in [9.17, 15) is 18.3 Å². The van der Waals surface area contributed by atoms with E-state index >= 15 is 0 Å². The van der Waals surface area contributed by atoms with Gasteiger partial charge in [-0.1, -0.05) is 19.1 Å². The van der Waals surface area contributed by atoms with E-state index in [1.54, 1.807) is 19.1 Å². The molecule has 1 heterocycles. The van der Waals surface area contributed by atoms with Gasteiger partial charge in [-0.25, -0.2) is 8.42 Å². The third-order valence-corrected chi connectivity index (χ3v) is 5.10. The molecule has 1 N–H and O–H groups in total. The van der Waals surface area contributed by atoms with E-state index in [1.807, 2.05) is 0 Å². The first kappa shape index (κ1) is 14.2. The molecule has 0 spiro atoms. The van der Waals surface area contributed by atoms with Crippen molar-refractivity contribution in [3.8, 4) is 0 Å². The van der Waals surface area contributed by atoms with Crippen LogP contribution in [0.25, 0.3) is 0 Å². The van der Waals surface area contributed by atoms with Gasteiger partial charge in [-0.2, -0.15) is 4.31 Å². The Morgan fingerprint density at radius 2 is 2.21 bits per heavy atom. The van der Waals surface area contributed by atoms with Crippen LogP contribution in [0, 0.1) is 0 Å². The summed E-state index contributed by atoms with van der Waals surface area (Å²) >= 11 is 0. The number of hydrogen-bond acceptors (Lipinski definition) is 4. The minimum absolute atomic E-state index is 0.0847. The predicted octanol–water partition coefficient (Wildman–Crippen LogP) is 1.03. The van der Waals surface area contributed by atoms with Crippen LogP contribution in [0.1, 0.15) is 30.1 Å². The van der Waals surface area contributed by atoms with Gasteiger partial charge >= 0.3 is 0 Å². The summed E-state index contributed by atoms with van der Waals surface area (Å²) in [7, 11) is -3.61. The molecule has 1 aromatic rings. The average molecular weight is 283 g/mol. The van der Waals surface area contributed by atoms with Crippen LogP contribution < -0.4 is 0 Å². The smallest absolute Gasteiger partial charge is 0.243 e. The summed E-state index contributed by atoms with van der Waals surface area (Å²) in [5.74, 6) is -0.0847. The Balaban J connectivity index is 2.33. The number of Topliss-reactive ketones (excluding diaryl/α,β-unsaturated/α-hetero) is 1. The van der Waals surface area contributed by atoms with Gasteiger partial charge < -0.3 is 5.11 Å². The fourth-order valence-corrected chi connectivity index (χ4v) is 3.65. The molecule has 0 aliphatic carbocycles. The van der Waals surface area contributed by atoms with Gasteiger partial charge in [-0.3, -0.25) is 4.79 Å². The Hall–Kier alpha value is -1.24. The highest BCUT2D eigenvalue weighted by Gasteiger charge is 2.31. The lowest BCUT2D eigenvalue weighted by atomic mass is 10.1. The third-order valence-electron chi connectivity index (χ3n) is 3.24. The standard InChI is InChI=1S/C13H17NO4S/c1-2-13(16)10-4-3-5-12(8-10)19(17,18)14-7-6-11(15)9-14/h3-5,8,11,15H,2,6-7,9H2,1H3/t11-/m0/s1. The summed E-state index contributed by atoms with van der Waals surface area (Å²) < 4.78 is 26.0. The number of β-amino-alcohol motifs (C(OH)–C–C–N with tert-alkyl or cyclic N) is 1. The number of aliphatic hydroxyl groups is 1. The van der Waals surface area contributed by atoms with E-state index in [2.05, 4.69) is 0 Å².